The zero-order valence-corrected chi connectivity index (χ0v) is 13.4. The third kappa shape index (κ3) is 4.45. The van der Waals surface area contributed by atoms with Crippen molar-refractivity contribution in [2.24, 2.45) is 0 Å². The molecule has 0 spiro atoms. The monoisotopic (exact) mass is 332 g/mol. The van der Waals surface area contributed by atoms with Gasteiger partial charge in [-0.2, -0.15) is 5.26 Å². The van der Waals surface area contributed by atoms with Crippen molar-refractivity contribution in [3.63, 3.8) is 0 Å². The average Bonchev–Trinajstić information content (AvgIpc) is 3.16. The third-order valence-electron chi connectivity index (χ3n) is 3.53. The molecule has 0 saturated carbocycles. The number of ether oxygens (including phenoxy) is 1. The lowest BCUT2D eigenvalue weighted by atomic mass is 10.2. The Morgan fingerprint density at radius 1 is 1.24 bits per heavy atom. The second-order valence-corrected chi connectivity index (χ2v) is 5.36. The van der Waals surface area contributed by atoms with Crippen molar-refractivity contribution in [3.05, 3.63) is 72.3 Å². The molecule has 0 radical (unpaired) electrons. The van der Waals surface area contributed by atoms with Gasteiger partial charge in [0, 0.05) is 24.0 Å². The minimum atomic E-state index is -0.129. The molecule has 0 aliphatic heterocycles. The molecule has 2 N–H and O–H groups in total. The molecule has 3 aromatic rings. The molecule has 0 bridgehead atoms. The maximum atomic E-state index is 12.0. The number of carbonyl (C=O) groups excluding carboxylic acids is 1. The number of aromatic amines is 1. The second kappa shape index (κ2) is 7.79. The van der Waals surface area contributed by atoms with E-state index in [0.717, 1.165) is 5.69 Å². The summed E-state index contributed by atoms with van der Waals surface area (Å²) in [6, 6.07) is 16.3. The molecule has 6 nitrogen and oxygen atoms in total. The number of nitrogens with one attached hydrogen (secondary N) is 2. The van der Waals surface area contributed by atoms with Crippen molar-refractivity contribution in [1.29, 1.82) is 5.26 Å². The largest absolute Gasteiger partial charge is 0.456 e. The van der Waals surface area contributed by atoms with Crippen LogP contribution in [0.4, 0.5) is 5.69 Å². The van der Waals surface area contributed by atoms with Crippen LogP contribution in [0.5, 0.6) is 11.5 Å². The van der Waals surface area contributed by atoms with E-state index in [1.54, 1.807) is 30.7 Å². The minimum Gasteiger partial charge on any atom is -0.456 e. The lowest BCUT2D eigenvalue weighted by molar-refractivity contribution is -0.116. The summed E-state index contributed by atoms with van der Waals surface area (Å²) in [4.78, 5) is 18.9. The highest BCUT2D eigenvalue weighted by molar-refractivity contribution is 5.91. The molecule has 3 rings (SSSR count). The van der Waals surface area contributed by atoms with E-state index in [4.69, 9.17) is 4.74 Å². The number of nitriles is 1. The summed E-state index contributed by atoms with van der Waals surface area (Å²) in [6.07, 6.45) is 4.17. The fourth-order valence-corrected chi connectivity index (χ4v) is 2.29. The molecule has 0 fully saturated rings. The van der Waals surface area contributed by atoms with Gasteiger partial charge in [-0.15, -0.1) is 0 Å². The van der Waals surface area contributed by atoms with E-state index in [9.17, 15) is 10.1 Å². The van der Waals surface area contributed by atoms with Crippen LogP contribution in [0.25, 0.3) is 0 Å². The quantitative estimate of drug-likeness (QED) is 0.721. The molecular formula is C19H16N4O2. The molecular weight excluding hydrogens is 316 g/mol. The van der Waals surface area contributed by atoms with Crippen LogP contribution in [0.15, 0.2) is 61.1 Å². The zero-order chi connectivity index (χ0) is 17.5. The van der Waals surface area contributed by atoms with Crippen molar-refractivity contribution in [1.82, 2.24) is 9.97 Å². The van der Waals surface area contributed by atoms with Gasteiger partial charge in [-0.05, 0) is 36.8 Å². The molecule has 0 atom stereocenters. The Morgan fingerprint density at radius 2 is 2.08 bits per heavy atom. The first-order valence-electron chi connectivity index (χ1n) is 7.79. The number of benzene rings is 2. The fourth-order valence-electron chi connectivity index (χ4n) is 2.29. The van der Waals surface area contributed by atoms with Gasteiger partial charge in [0.2, 0.25) is 5.91 Å². The summed E-state index contributed by atoms with van der Waals surface area (Å²) < 4.78 is 5.71. The number of aryl methyl sites for hydroxylation is 1. The molecule has 25 heavy (non-hydrogen) atoms. The van der Waals surface area contributed by atoms with Gasteiger partial charge in [0.25, 0.3) is 0 Å². The molecule has 1 aromatic heterocycles. The van der Waals surface area contributed by atoms with Crippen LogP contribution in [0, 0.1) is 11.3 Å². The summed E-state index contributed by atoms with van der Waals surface area (Å²) in [7, 11) is 0. The first kappa shape index (κ1) is 16.3. The van der Waals surface area contributed by atoms with Gasteiger partial charge < -0.3 is 15.0 Å². The minimum absolute atomic E-state index is 0.129. The van der Waals surface area contributed by atoms with Crippen LogP contribution >= 0.6 is 0 Å². The number of aromatic nitrogens is 2. The van der Waals surface area contributed by atoms with Gasteiger partial charge in [-0.25, -0.2) is 4.98 Å². The maximum Gasteiger partial charge on any atom is 0.224 e. The SMILES string of the molecule is N#Cc1cc(NC(=O)CCc2cnc[nH]2)ccc1Oc1ccccc1. The Bertz CT molecular complexity index is 884. The normalized spacial score (nSPS) is 10.0. The van der Waals surface area contributed by atoms with E-state index in [1.807, 2.05) is 30.3 Å². The fraction of sp³-hybridized carbons (Fsp3) is 0.105. The van der Waals surface area contributed by atoms with Gasteiger partial charge in [-0.3, -0.25) is 4.79 Å². The van der Waals surface area contributed by atoms with Gasteiger partial charge in [-0.1, -0.05) is 18.2 Å². The third-order valence-corrected chi connectivity index (χ3v) is 3.53. The Morgan fingerprint density at radius 3 is 2.80 bits per heavy atom. The topological polar surface area (TPSA) is 90.8 Å². The first-order chi connectivity index (χ1) is 12.2. The van der Waals surface area contributed by atoms with Crippen molar-refractivity contribution in [3.8, 4) is 17.6 Å². The van der Waals surface area contributed by atoms with Crippen LogP contribution in [-0.4, -0.2) is 15.9 Å². The van der Waals surface area contributed by atoms with E-state index in [2.05, 4.69) is 21.4 Å². The van der Waals surface area contributed by atoms with Crippen molar-refractivity contribution < 1.29 is 9.53 Å². The summed E-state index contributed by atoms with van der Waals surface area (Å²) in [5, 5.41) is 12.1. The highest BCUT2D eigenvalue weighted by Crippen LogP contribution is 2.27. The molecule has 0 saturated heterocycles. The van der Waals surface area contributed by atoms with Crippen LogP contribution in [0.1, 0.15) is 17.7 Å². The molecule has 6 heteroatoms. The number of nitrogens with zero attached hydrogens (tertiary/aromatic N) is 2. The number of rotatable bonds is 6. The number of carbonyl (C=O) groups is 1. The maximum absolute atomic E-state index is 12.0. The van der Waals surface area contributed by atoms with E-state index in [-0.39, 0.29) is 5.91 Å². The smallest absolute Gasteiger partial charge is 0.224 e. The van der Waals surface area contributed by atoms with Gasteiger partial charge in [0.15, 0.2) is 0 Å². The van der Waals surface area contributed by atoms with Crippen molar-refractivity contribution in [2.75, 3.05) is 5.32 Å². The summed E-state index contributed by atoms with van der Waals surface area (Å²) >= 11 is 0. The van der Waals surface area contributed by atoms with Crippen LogP contribution < -0.4 is 10.1 Å². The average molecular weight is 332 g/mol. The Kier molecular flexibility index (Phi) is 5.07. The Balaban J connectivity index is 1.64. The lowest BCUT2D eigenvalue weighted by Gasteiger charge is -2.10. The molecule has 124 valence electrons. The summed E-state index contributed by atoms with van der Waals surface area (Å²) in [5.74, 6) is 0.967. The summed E-state index contributed by atoms with van der Waals surface area (Å²) in [6.45, 7) is 0. The number of hydrogen-bond acceptors (Lipinski definition) is 4. The van der Waals surface area contributed by atoms with E-state index < -0.39 is 0 Å². The number of hydrogen-bond donors (Lipinski definition) is 2. The van der Waals surface area contributed by atoms with Gasteiger partial charge in [0.1, 0.15) is 17.6 Å². The zero-order valence-electron chi connectivity index (χ0n) is 13.4. The second-order valence-electron chi connectivity index (χ2n) is 5.36. The highest BCUT2D eigenvalue weighted by Gasteiger charge is 2.09. The number of imidazole rings is 1. The van der Waals surface area contributed by atoms with Crippen molar-refractivity contribution in [2.45, 2.75) is 12.8 Å². The van der Waals surface area contributed by atoms with Crippen LogP contribution in [0.2, 0.25) is 0 Å². The molecule has 1 amide bonds. The van der Waals surface area contributed by atoms with Crippen LogP contribution in [0.3, 0.4) is 0 Å². The first-order valence-corrected chi connectivity index (χ1v) is 7.79. The standard InChI is InChI=1S/C19H16N4O2/c20-11-14-10-15(23-19(24)9-7-16-12-21-13-22-16)6-8-18(14)25-17-4-2-1-3-5-17/h1-6,8,10,12-13H,7,9H2,(H,21,22)(H,23,24). The number of anilines is 1. The summed E-state index contributed by atoms with van der Waals surface area (Å²) in [5.41, 5.74) is 1.82. The number of amides is 1. The van der Waals surface area contributed by atoms with E-state index in [1.165, 1.54) is 0 Å². The van der Waals surface area contributed by atoms with Crippen molar-refractivity contribution >= 4 is 11.6 Å². The lowest BCUT2D eigenvalue weighted by Crippen LogP contribution is -2.12. The highest BCUT2D eigenvalue weighted by atomic mass is 16.5. The van der Waals surface area contributed by atoms with Gasteiger partial charge >= 0.3 is 0 Å². The molecule has 1 heterocycles. The predicted molar refractivity (Wildman–Crippen MR) is 93.2 cm³/mol. The Hall–Kier alpha value is -3.59. The van der Waals surface area contributed by atoms with E-state index >= 15 is 0 Å². The van der Waals surface area contributed by atoms with Gasteiger partial charge in [0.05, 0.1) is 11.9 Å². The van der Waals surface area contributed by atoms with Crippen LogP contribution in [-0.2, 0) is 11.2 Å². The predicted octanol–water partition coefficient (Wildman–Crippen LogP) is 3.64. The molecule has 2 aromatic carbocycles. The Labute approximate surface area is 145 Å². The molecule has 0 unspecified atom stereocenters. The molecule has 0 aliphatic rings. The van der Waals surface area contributed by atoms with E-state index in [0.29, 0.717) is 35.6 Å². The molecule has 0 aliphatic carbocycles. The number of para-hydroxylation sites is 1. The number of H-pyrrole nitrogens is 1.